The second-order valence-electron chi connectivity index (χ2n) is 12.4. The largest absolute Gasteiger partial charge is 0.384 e. The summed E-state index contributed by atoms with van der Waals surface area (Å²) in [6, 6.07) is 0. The van der Waals surface area contributed by atoms with E-state index in [1.54, 1.807) is 17.1 Å². The summed E-state index contributed by atoms with van der Waals surface area (Å²) in [4.78, 5) is 22.2. The van der Waals surface area contributed by atoms with Crippen LogP contribution in [0.4, 0.5) is 0 Å². The number of Topliss-reactive ketones (excluding diaryl/α,β-unsaturated/α-hetero) is 1. The Hall–Kier alpha value is -1.82. The van der Waals surface area contributed by atoms with Crippen LogP contribution in [0.15, 0.2) is 18.6 Å². The molecule has 0 aromatic carbocycles. The summed E-state index contributed by atoms with van der Waals surface area (Å²) in [5, 5.41) is 4.51. The molecule has 0 bridgehead atoms. The number of rotatable bonds is 5. The van der Waals surface area contributed by atoms with Crippen LogP contribution >= 0.6 is 0 Å². The fourth-order valence-electron chi connectivity index (χ4n) is 9.50. The number of aromatic nitrogens is 4. The van der Waals surface area contributed by atoms with Gasteiger partial charge in [-0.15, -0.1) is 0 Å². The molecule has 0 aliphatic heterocycles. The lowest BCUT2D eigenvalue weighted by atomic mass is 9.44. The highest BCUT2D eigenvalue weighted by atomic mass is 16.5. The van der Waals surface area contributed by atoms with E-state index in [1.807, 2.05) is 27.2 Å². The Bertz CT molecular complexity index is 1040. The highest BCUT2D eigenvalue weighted by molar-refractivity contribution is 5.82. The minimum absolute atomic E-state index is 0.129. The van der Waals surface area contributed by atoms with Gasteiger partial charge in [0.15, 0.2) is 11.4 Å². The van der Waals surface area contributed by atoms with E-state index in [1.165, 1.54) is 51.4 Å². The Morgan fingerprint density at radius 2 is 1.86 bits per heavy atom. The van der Waals surface area contributed by atoms with E-state index in [9.17, 15) is 4.79 Å². The molecule has 0 radical (unpaired) electrons. The molecule has 4 fully saturated rings. The molecular formula is C30H46N4O2. The molecule has 36 heavy (non-hydrogen) atoms. The third kappa shape index (κ3) is 4.12. The summed E-state index contributed by atoms with van der Waals surface area (Å²) in [5.74, 6) is 4.40. The van der Waals surface area contributed by atoms with Crippen molar-refractivity contribution in [2.24, 2.45) is 46.3 Å². The molecule has 2 aromatic rings. The van der Waals surface area contributed by atoms with Gasteiger partial charge < -0.3 is 4.74 Å². The summed E-state index contributed by atoms with van der Waals surface area (Å²) in [5.41, 5.74) is 1.88. The van der Waals surface area contributed by atoms with Gasteiger partial charge in [-0.1, -0.05) is 34.1 Å². The van der Waals surface area contributed by atoms with Gasteiger partial charge in [0.25, 0.3) is 0 Å². The van der Waals surface area contributed by atoms with Gasteiger partial charge in [-0.3, -0.25) is 9.48 Å². The molecule has 2 heterocycles. The summed E-state index contributed by atoms with van der Waals surface area (Å²) >= 11 is 0. The molecule has 4 saturated carbocycles. The number of hydrogen-bond donors (Lipinski definition) is 0. The highest BCUT2D eigenvalue weighted by Gasteiger charge is 2.62. The smallest absolute Gasteiger partial charge is 0.199 e. The van der Waals surface area contributed by atoms with Crippen LogP contribution < -0.4 is 0 Å². The van der Waals surface area contributed by atoms with Gasteiger partial charge in [-0.25, -0.2) is 9.97 Å². The van der Waals surface area contributed by atoms with Crippen molar-refractivity contribution >= 4 is 16.9 Å². The SMILES string of the molecule is CC.COCC12CCC(C)CC1CCC1C2CCC2(C)C1CC[C@@H]2C(=O)Cn1cc2nccnc2n1. The van der Waals surface area contributed by atoms with Crippen LogP contribution in [0.5, 0.6) is 0 Å². The predicted octanol–water partition coefficient (Wildman–Crippen LogP) is 6.34. The molecule has 6 rings (SSSR count). The van der Waals surface area contributed by atoms with Gasteiger partial charge >= 0.3 is 0 Å². The average Bonchev–Trinajstić information content (AvgIpc) is 3.45. The van der Waals surface area contributed by atoms with E-state index in [4.69, 9.17) is 4.74 Å². The fraction of sp³-hybridized carbons (Fsp3) is 0.800. The second kappa shape index (κ2) is 10.2. The number of ether oxygens (including phenoxy) is 1. The van der Waals surface area contributed by atoms with Crippen molar-refractivity contribution in [2.75, 3.05) is 13.7 Å². The zero-order valence-electron chi connectivity index (χ0n) is 23.1. The summed E-state index contributed by atoms with van der Waals surface area (Å²) in [6.07, 6.45) is 16.7. The summed E-state index contributed by atoms with van der Waals surface area (Å²) in [6.45, 7) is 10.2. The van der Waals surface area contributed by atoms with Crippen molar-refractivity contribution in [3.8, 4) is 0 Å². The van der Waals surface area contributed by atoms with Crippen LogP contribution in [0.25, 0.3) is 11.2 Å². The maximum absolute atomic E-state index is 13.6. The van der Waals surface area contributed by atoms with Crippen LogP contribution in [0, 0.1) is 46.3 Å². The topological polar surface area (TPSA) is 69.9 Å². The number of hydrogen-bond acceptors (Lipinski definition) is 5. The maximum atomic E-state index is 13.6. The molecule has 6 nitrogen and oxygen atoms in total. The van der Waals surface area contributed by atoms with Crippen LogP contribution in [0.3, 0.4) is 0 Å². The molecular weight excluding hydrogens is 448 g/mol. The Kier molecular flexibility index (Phi) is 7.28. The summed E-state index contributed by atoms with van der Waals surface area (Å²) in [7, 11) is 1.91. The normalized spacial score (nSPS) is 39.5. The van der Waals surface area contributed by atoms with E-state index in [-0.39, 0.29) is 11.3 Å². The molecule has 0 N–H and O–H groups in total. The van der Waals surface area contributed by atoms with Gasteiger partial charge in [-0.2, -0.15) is 5.10 Å². The first-order valence-electron chi connectivity index (χ1n) is 14.6. The lowest BCUT2D eigenvalue weighted by molar-refractivity contribution is -0.154. The lowest BCUT2D eigenvalue weighted by Gasteiger charge is -2.61. The third-order valence-electron chi connectivity index (χ3n) is 10.9. The first kappa shape index (κ1) is 25.8. The van der Waals surface area contributed by atoms with E-state index in [2.05, 4.69) is 28.9 Å². The highest BCUT2D eigenvalue weighted by Crippen LogP contribution is 2.68. The number of ketones is 1. The molecule has 4 aliphatic rings. The number of carbonyl (C=O) groups excluding carboxylic acids is 1. The van der Waals surface area contributed by atoms with Crippen molar-refractivity contribution < 1.29 is 9.53 Å². The van der Waals surface area contributed by atoms with Gasteiger partial charge in [0.05, 0.1) is 19.3 Å². The molecule has 0 saturated heterocycles. The quantitative estimate of drug-likeness (QED) is 0.485. The van der Waals surface area contributed by atoms with Crippen molar-refractivity contribution in [1.82, 2.24) is 19.7 Å². The van der Waals surface area contributed by atoms with Gasteiger partial charge in [0, 0.05) is 25.4 Å². The second-order valence-corrected chi connectivity index (χ2v) is 12.4. The first-order valence-corrected chi connectivity index (χ1v) is 14.6. The zero-order valence-corrected chi connectivity index (χ0v) is 23.1. The van der Waals surface area contributed by atoms with E-state index in [0.29, 0.717) is 29.3 Å². The average molecular weight is 495 g/mol. The molecule has 0 spiro atoms. The van der Waals surface area contributed by atoms with Crippen LogP contribution in [0.2, 0.25) is 0 Å². The van der Waals surface area contributed by atoms with Gasteiger partial charge in [0.1, 0.15) is 5.52 Å². The van der Waals surface area contributed by atoms with Crippen LogP contribution in [0.1, 0.15) is 85.5 Å². The Balaban J connectivity index is 0.00000130. The minimum atomic E-state index is 0.129. The fourth-order valence-corrected chi connectivity index (χ4v) is 9.50. The van der Waals surface area contributed by atoms with Crippen LogP contribution in [-0.4, -0.2) is 39.2 Å². The summed E-state index contributed by atoms with van der Waals surface area (Å²) < 4.78 is 7.70. The Morgan fingerprint density at radius 3 is 2.64 bits per heavy atom. The monoisotopic (exact) mass is 494 g/mol. The van der Waals surface area contributed by atoms with Crippen molar-refractivity contribution in [3.63, 3.8) is 0 Å². The third-order valence-corrected chi connectivity index (χ3v) is 10.9. The van der Waals surface area contributed by atoms with Crippen LogP contribution in [-0.2, 0) is 16.1 Å². The number of nitrogens with zero attached hydrogens (tertiary/aromatic N) is 4. The Morgan fingerprint density at radius 1 is 1.06 bits per heavy atom. The van der Waals surface area contributed by atoms with Crippen molar-refractivity contribution in [2.45, 2.75) is 92.0 Å². The standard InChI is InChI=1S/C28H40N4O2.C2H6/c1-18-8-11-28(17-34-3)19(14-18)4-5-20-21-6-7-23(27(21,2)10-9-22(20)28)25(33)16-32-15-24-26(31-32)30-13-12-29-24;1-2/h12-13,15,18-23H,4-11,14,16-17H2,1-3H3;1-2H3/t18?,19?,20?,21?,22?,23-,27?,28?;/m1./s1. The number of methoxy groups -OCH3 is 1. The number of carbonyl (C=O) groups is 1. The molecule has 4 aliphatic carbocycles. The molecule has 6 heteroatoms. The predicted molar refractivity (Wildman–Crippen MR) is 142 cm³/mol. The lowest BCUT2D eigenvalue weighted by Crippen LogP contribution is -2.56. The van der Waals surface area contributed by atoms with E-state index in [0.717, 1.165) is 42.2 Å². The molecule has 198 valence electrons. The van der Waals surface area contributed by atoms with Crippen molar-refractivity contribution in [1.29, 1.82) is 0 Å². The zero-order chi connectivity index (χ0) is 25.5. The Labute approximate surface area is 217 Å². The van der Waals surface area contributed by atoms with Crippen molar-refractivity contribution in [3.05, 3.63) is 18.6 Å². The maximum Gasteiger partial charge on any atom is 0.199 e. The molecule has 2 aromatic heterocycles. The molecule has 7 unspecified atom stereocenters. The number of fused-ring (bicyclic) bond motifs is 6. The molecule has 8 atom stereocenters. The van der Waals surface area contributed by atoms with Gasteiger partial charge in [0.2, 0.25) is 0 Å². The van der Waals surface area contributed by atoms with E-state index < -0.39 is 0 Å². The molecule has 0 amide bonds. The first-order chi connectivity index (χ1) is 17.4. The van der Waals surface area contributed by atoms with E-state index >= 15 is 0 Å². The van der Waals surface area contributed by atoms with Gasteiger partial charge in [-0.05, 0) is 91.8 Å². The minimum Gasteiger partial charge on any atom is -0.384 e.